The zero-order valence-electron chi connectivity index (χ0n) is 20.4. The first kappa shape index (κ1) is 27.2. The summed E-state index contributed by atoms with van der Waals surface area (Å²) in [7, 11) is -3.57. The van der Waals surface area contributed by atoms with Gasteiger partial charge in [0.1, 0.15) is 11.4 Å². The van der Waals surface area contributed by atoms with E-state index in [9.17, 15) is 18.0 Å². The summed E-state index contributed by atoms with van der Waals surface area (Å²) in [5.74, 6) is -0.753. The van der Waals surface area contributed by atoms with Gasteiger partial charge in [-0.1, -0.05) is 6.07 Å². The van der Waals surface area contributed by atoms with Crippen LogP contribution in [0.2, 0.25) is 0 Å². The van der Waals surface area contributed by atoms with E-state index in [-0.39, 0.29) is 34.8 Å². The van der Waals surface area contributed by atoms with E-state index in [2.05, 4.69) is 26.0 Å². The molecule has 37 heavy (non-hydrogen) atoms. The lowest BCUT2D eigenvalue weighted by molar-refractivity contribution is 0.0936. The molecule has 0 spiro atoms. The largest absolute Gasteiger partial charge is 0.349 e. The highest BCUT2D eigenvalue weighted by Gasteiger charge is 2.27. The van der Waals surface area contributed by atoms with Crippen LogP contribution in [0.25, 0.3) is 5.69 Å². The van der Waals surface area contributed by atoms with Crippen molar-refractivity contribution in [3.63, 3.8) is 0 Å². The first-order valence-corrected chi connectivity index (χ1v) is 14.3. The quantitative estimate of drug-likeness (QED) is 0.319. The first-order valence-electron chi connectivity index (χ1n) is 11.8. The molecule has 3 heterocycles. The molecule has 0 bridgehead atoms. The summed E-state index contributed by atoms with van der Waals surface area (Å²) in [6.07, 6.45) is 3.38. The predicted molar refractivity (Wildman–Crippen MR) is 146 cm³/mol. The van der Waals surface area contributed by atoms with Crippen LogP contribution in [-0.4, -0.2) is 71.5 Å². The van der Waals surface area contributed by atoms with E-state index >= 15 is 0 Å². The van der Waals surface area contributed by atoms with Crippen molar-refractivity contribution in [2.45, 2.75) is 31.3 Å². The molecule has 2 amide bonds. The van der Waals surface area contributed by atoms with Crippen molar-refractivity contribution < 1.29 is 18.0 Å². The van der Waals surface area contributed by atoms with Crippen molar-refractivity contribution in [3.8, 4) is 5.69 Å². The van der Waals surface area contributed by atoms with Gasteiger partial charge < -0.3 is 16.0 Å². The molecule has 1 aliphatic rings. The number of benzene rings is 1. The Balaban J connectivity index is 1.41. The van der Waals surface area contributed by atoms with Gasteiger partial charge in [-0.2, -0.15) is 9.40 Å². The van der Waals surface area contributed by atoms with Gasteiger partial charge >= 0.3 is 0 Å². The number of sulfonamides is 1. The lowest BCUT2D eigenvalue weighted by atomic mass is 10.2. The third-order valence-electron chi connectivity index (χ3n) is 5.60. The number of halogens is 1. The van der Waals surface area contributed by atoms with Gasteiger partial charge in [-0.25, -0.2) is 18.1 Å². The maximum Gasteiger partial charge on any atom is 0.270 e. The summed E-state index contributed by atoms with van der Waals surface area (Å²) in [4.78, 5) is 29.2. The number of pyridine rings is 1. The normalized spacial score (nSPS) is 14.5. The van der Waals surface area contributed by atoms with Crippen LogP contribution in [0, 0.1) is 3.57 Å². The average Bonchev–Trinajstić information content (AvgIpc) is 3.36. The Morgan fingerprint density at radius 3 is 2.49 bits per heavy atom. The topological polar surface area (TPSA) is 138 Å². The third kappa shape index (κ3) is 6.52. The minimum absolute atomic E-state index is 0.0422. The number of carbonyl (C=O) groups excluding carboxylic acids is 2. The Bertz CT molecular complexity index is 1400. The molecule has 4 rings (SSSR count). The SMILES string of the molecule is CC(C)NC(=O)c1cccc(C(=O)NCc2cnn(-c3ccc(S(=O)(=O)N4CCNCC4)c(I)c3)c2)n1. The lowest BCUT2D eigenvalue weighted by Crippen LogP contribution is -2.46. The second-order valence-corrected chi connectivity index (χ2v) is 11.8. The minimum atomic E-state index is -3.57. The molecule has 1 aromatic carbocycles. The average molecular weight is 638 g/mol. The van der Waals surface area contributed by atoms with Crippen LogP contribution in [0.3, 0.4) is 0 Å². The summed E-state index contributed by atoms with van der Waals surface area (Å²) in [6.45, 7) is 6.05. The van der Waals surface area contributed by atoms with Crippen LogP contribution in [0.5, 0.6) is 0 Å². The van der Waals surface area contributed by atoms with Crippen LogP contribution in [0.15, 0.2) is 53.7 Å². The highest BCUT2D eigenvalue weighted by molar-refractivity contribution is 14.1. The van der Waals surface area contributed by atoms with Gasteiger partial charge in [0.25, 0.3) is 11.8 Å². The Morgan fingerprint density at radius 2 is 1.81 bits per heavy atom. The van der Waals surface area contributed by atoms with E-state index in [4.69, 9.17) is 0 Å². The summed E-state index contributed by atoms with van der Waals surface area (Å²) in [5, 5.41) is 13.0. The van der Waals surface area contributed by atoms with Crippen molar-refractivity contribution in [2.24, 2.45) is 0 Å². The third-order valence-corrected chi connectivity index (χ3v) is 8.81. The molecule has 0 atom stereocenters. The van der Waals surface area contributed by atoms with E-state index < -0.39 is 15.9 Å². The van der Waals surface area contributed by atoms with E-state index in [0.717, 1.165) is 5.56 Å². The number of nitrogens with one attached hydrogen (secondary N) is 3. The maximum atomic E-state index is 13.0. The molecule has 3 N–H and O–H groups in total. The van der Waals surface area contributed by atoms with Gasteiger partial charge in [0.05, 0.1) is 16.8 Å². The number of nitrogens with zero attached hydrogens (tertiary/aromatic N) is 4. The molecule has 0 saturated carbocycles. The Labute approximate surface area is 229 Å². The second kappa shape index (κ2) is 11.7. The van der Waals surface area contributed by atoms with Crippen LogP contribution in [-0.2, 0) is 16.6 Å². The van der Waals surface area contributed by atoms with Crippen molar-refractivity contribution >= 4 is 44.4 Å². The summed E-state index contributed by atoms with van der Waals surface area (Å²) < 4.78 is 29.8. The Hall–Kier alpha value is -2.88. The lowest BCUT2D eigenvalue weighted by Gasteiger charge is -2.27. The Kier molecular flexibility index (Phi) is 8.56. The van der Waals surface area contributed by atoms with Crippen molar-refractivity contribution in [1.29, 1.82) is 0 Å². The Morgan fingerprint density at radius 1 is 1.11 bits per heavy atom. The van der Waals surface area contributed by atoms with E-state index in [0.29, 0.717) is 35.4 Å². The van der Waals surface area contributed by atoms with Crippen molar-refractivity contribution in [1.82, 2.24) is 35.0 Å². The van der Waals surface area contributed by atoms with Crippen molar-refractivity contribution in [3.05, 3.63) is 69.3 Å². The molecular weight excluding hydrogens is 609 g/mol. The van der Waals surface area contributed by atoms with Crippen molar-refractivity contribution in [2.75, 3.05) is 26.2 Å². The summed E-state index contributed by atoms with van der Waals surface area (Å²) in [6, 6.07) is 9.75. The fraction of sp³-hybridized carbons (Fsp3) is 0.333. The molecule has 1 aliphatic heterocycles. The molecule has 2 aromatic heterocycles. The molecule has 196 valence electrons. The fourth-order valence-electron chi connectivity index (χ4n) is 3.75. The number of hydrogen-bond donors (Lipinski definition) is 3. The van der Waals surface area contributed by atoms with Gasteiger partial charge in [-0.3, -0.25) is 9.59 Å². The molecule has 0 aliphatic carbocycles. The fourth-order valence-corrected chi connectivity index (χ4v) is 6.57. The maximum absolute atomic E-state index is 13.0. The monoisotopic (exact) mass is 637 g/mol. The standard InChI is InChI=1S/C24H28IN7O4S/c1-16(2)29-24(34)21-5-3-4-20(30-21)23(33)27-13-17-14-28-32(15-17)18-6-7-22(19(25)12-18)37(35,36)31-10-8-26-9-11-31/h3-7,12,14-16,26H,8-11,13H2,1-2H3,(H,27,33)(H,29,34). The first-order chi connectivity index (χ1) is 17.6. The molecular formula is C24H28IN7O4S. The molecule has 13 heteroatoms. The highest BCUT2D eigenvalue weighted by Crippen LogP contribution is 2.25. The van der Waals surface area contributed by atoms with Crippen LogP contribution in [0.4, 0.5) is 0 Å². The minimum Gasteiger partial charge on any atom is -0.349 e. The smallest absolute Gasteiger partial charge is 0.270 e. The zero-order valence-corrected chi connectivity index (χ0v) is 23.4. The number of hydrogen-bond acceptors (Lipinski definition) is 7. The molecule has 3 aromatic rings. The van der Waals surface area contributed by atoms with E-state index in [1.165, 1.54) is 4.31 Å². The van der Waals surface area contributed by atoms with Gasteiger partial charge in [0.2, 0.25) is 10.0 Å². The number of carbonyl (C=O) groups is 2. The molecule has 0 radical (unpaired) electrons. The zero-order chi connectivity index (χ0) is 26.6. The summed E-state index contributed by atoms with van der Waals surface area (Å²) >= 11 is 2.03. The van der Waals surface area contributed by atoms with Gasteiger partial charge in [-0.15, -0.1) is 0 Å². The molecule has 11 nitrogen and oxygen atoms in total. The number of piperazine rings is 1. The van der Waals surface area contributed by atoms with E-state index in [1.807, 2.05) is 36.4 Å². The molecule has 1 fully saturated rings. The van der Waals surface area contributed by atoms with Gasteiger partial charge in [0.15, 0.2) is 0 Å². The van der Waals surface area contributed by atoms with Crippen LogP contribution < -0.4 is 16.0 Å². The van der Waals surface area contributed by atoms with Crippen LogP contribution in [0.1, 0.15) is 40.4 Å². The number of aromatic nitrogens is 3. The van der Waals surface area contributed by atoms with E-state index in [1.54, 1.807) is 53.5 Å². The molecule has 0 unspecified atom stereocenters. The van der Waals surface area contributed by atoms with Gasteiger partial charge in [-0.05, 0) is 66.8 Å². The summed E-state index contributed by atoms with van der Waals surface area (Å²) in [5.41, 5.74) is 1.76. The predicted octanol–water partition coefficient (Wildman–Crippen LogP) is 1.53. The second-order valence-electron chi connectivity index (χ2n) is 8.78. The van der Waals surface area contributed by atoms with Crippen LogP contribution >= 0.6 is 22.6 Å². The number of amides is 2. The molecule has 1 saturated heterocycles. The van der Waals surface area contributed by atoms with Gasteiger partial charge in [0, 0.05) is 54.1 Å². The highest BCUT2D eigenvalue weighted by atomic mass is 127. The number of rotatable bonds is 8.